The van der Waals surface area contributed by atoms with Gasteiger partial charge in [0.05, 0.1) is 45.2 Å². The summed E-state index contributed by atoms with van der Waals surface area (Å²) in [5.74, 6) is 1.55. The van der Waals surface area contributed by atoms with Crippen LogP contribution in [0.5, 0.6) is 6.01 Å². The Kier molecular flexibility index (Phi) is 16.4. The second-order valence-electron chi connectivity index (χ2n) is 18.1. The number of fused-ring (bicyclic) bond motifs is 1. The number of primary amides is 1. The van der Waals surface area contributed by atoms with Crippen molar-refractivity contribution >= 4 is 54.5 Å². The highest BCUT2D eigenvalue weighted by Crippen LogP contribution is 2.33. The van der Waals surface area contributed by atoms with Crippen LogP contribution in [0.3, 0.4) is 0 Å². The number of aromatic nitrogens is 6. The minimum atomic E-state index is -3.94. The van der Waals surface area contributed by atoms with Gasteiger partial charge in [-0.05, 0) is 94.0 Å². The van der Waals surface area contributed by atoms with E-state index in [1.165, 1.54) is 0 Å². The Balaban J connectivity index is 0.000000204. The zero-order chi connectivity index (χ0) is 55.2. The largest absolute Gasteiger partial charge is 0.465 e. The maximum atomic E-state index is 13.3. The van der Waals surface area contributed by atoms with E-state index in [-0.39, 0.29) is 27.3 Å². The van der Waals surface area contributed by atoms with Crippen molar-refractivity contribution in [2.45, 2.75) is 90.6 Å². The lowest BCUT2D eigenvalue weighted by Gasteiger charge is -2.13. The number of benzene rings is 5. The predicted octanol–water partition coefficient (Wildman–Crippen LogP) is 9.53. The number of nitrogens with one attached hydrogen (secondary N) is 3. The molecule has 0 saturated carbocycles. The minimum Gasteiger partial charge on any atom is -0.465 e. The molecule has 0 bridgehead atoms. The fourth-order valence-electron chi connectivity index (χ4n) is 8.74. The Morgan fingerprint density at radius 3 is 1.60 bits per heavy atom. The molecular weight excluding hydrogens is 1020 g/mol. The molecule has 9 rings (SSSR count). The third-order valence-electron chi connectivity index (χ3n) is 13.0. The first-order chi connectivity index (χ1) is 36.9. The molecule has 4 aromatic heterocycles. The number of amides is 2. The summed E-state index contributed by atoms with van der Waals surface area (Å²) in [5.41, 5.74) is 14.4. The fraction of sp³-hybridized carbons (Fsp3) is 0.250. The molecule has 0 saturated heterocycles. The number of sulfonamides is 2. The van der Waals surface area contributed by atoms with Crippen molar-refractivity contribution in [2.24, 2.45) is 5.73 Å². The zero-order valence-corrected chi connectivity index (χ0v) is 45.6. The van der Waals surface area contributed by atoms with Crippen LogP contribution in [0.4, 0.5) is 11.6 Å². The van der Waals surface area contributed by atoms with E-state index >= 15 is 0 Å². The second kappa shape index (κ2) is 23.1. The molecule has 0 aliphatic heterocycles. The second-order valence-corrected chi connectivity index (χ2v) is 21.4. The number of ether oxygens (including phenoxy) is 1. The molecule has 19 nitrogen and oxygen atoms in total. The van der Waals surface area contributed by atoms with E-state index in [4.69, 9.17) is 19.5 Å². The number of anilines is 2. The van der Waals surface area contributed by atoms with Crippen molar-refractivity contribution in [3.63, 3.8) is 0 Å². The summed E-state index contributed by atoms with van der Waals surface area (Å²) < 4.78 is 78.0. The topological polar surface area (TPSA) is 261 Å². The van der Waals surface area contributed by atoms with Gasteiger partial charge in [0, 0.05) is 42.3 Å². The highest BCUT2D eigenvalue weighted by atomic mass is 32.2. The van der Waals surface area contributed by atoms with Gasteiger partial charge in [0.2, 0.25) is 0 Å². The Hall–Kier alpha value is -8.56. The number of hydrogen-bond donors (Lipinski definition) is 4. The van der Waals surface area contributed by atoms with Gasteiger partial charge in [-0.3, -0.25) is 23.6 Å². The number of carbonyl (C=O) groups is 2. The summed E-state index contributed by atoms with van der Waals surface area (Å²) in [6.07, 6.45) is 2.25. The monoisotopic (exact) mass is 1080 g/mol. The summed E-state index contributed by atoms with van der Waals surface area (Å²) in [7, 11) is -6.28. The van der Waals surface area contributed by atoms with E-state index in [0.29, 0.717) is 93.9 Å². The summed E-state index contributed by atoms with van der Waals surface area (Å²) in [4.78, 5) is 34.3. The molecule has 4 heterocycles. The van der Waals surface area contributed by atoms with Crippen LogP contribution >= 0.6 is 0 Å². The SMILES string of the molecule is CCCc1nc(CC)c(C(N)=O)n1Cc1ccc(-c2ccccc2S(=O)(=O)Nc2noc(C)c2C)cc1.CCOc1nc2cccc(C(=O)NC)c2n1Cc1ccc(-c2ccccc2S(=O)(=O)Nc2noc(C)c2C)cc1. The summed E-state index contributed by atoms with van der Waals surface area (Å²) in [6, 6.07) is 34.5. The van der Waals surface area contributed by atoms with Gasteiger partial charge in [-0.25, -0.2) is 21.8 Å². The molecular formula is C56H60N10O9S2. The molecule has 5 N–H and O–H groups in total. The number of para-hydroxylation sites is 1. The van der Waals surface area contributed by atoms with Gasteiger partial charge in [-0.15, -0.1) is 0 Å². The average Bonchev–Trinajstić information content (AvgIpc) is 4.17. The van der Waals surface area contributed by atoms with Crippen LogP contribution in [0.15, 0.2) is 134 Å². The van der Waals surface area contributed by atoms with E-state index in [2.05, 4.69) is 42.0 Å². The lowest BCUT2D eigenvalue weighted by atomic mass is 10.0. The quantitative estimate of drug-likeness (QED) is 0.0589. The van der Waals surface area contributed by atoms with Crippen molar-refractivity contribution in [1.82, 2.24) is 34.7 Å². The Morgan fingerprint density at radius 2 is 1.16 bits per heavy atom. The maximum absolute atomic E-state index is 13.3. The van der Waals surface area contributed by atoms with Gasteiger partial charge in [0.25, 0.3) is 37.9 Å². The minimum absolute atomic E-state index is 0.122. The maximum Gasteiger partial charge on any atom is 0.297 e. The molecule has 5 aromatic carbocycles. The summed E-state index contributed by atoms with van der Waals surface area (Å²) >= 11 is 0. The molecule has 0 fully saturated rings. The molecule has 0 atom stereocenters. The first-order valence-electron chi connectivity index (χ1n) is 24.9. The van der Waals surface area contributed by atoms with Crippen molar-refractivity contribution in [3.05, 3.63) is 172 Å². The van der Waals surface area contributed by atoms with Gasteiger partial charge in [-0.1, -0.05) is 115 Å². The van der Waals surface area contributed by atoms with E-state index in [9.17, 15) is 26.4 Å². The van der Waals surface area contributed by atoms with Crippen LogP contribution in [0, 0.1) is 27.7 Å². The van der Waals surface area contributed by atoms with E-state index in [1.54, 1.807) is 95.4 Å². The standard InChI is InChI=1S/C29H29N5O5S.C27H31N5O4S/c1-5-38-29-31-24-11-8-10-23(28(35)30-4)26(24)34(29)17-20-13-15-21(16-14-20)22-9-6-7-12-25(22)40(36,37)33-27-18(2)19(3)39-32-27;1-5-9-24-29-22(6-2)25(26(28)33)32(24)16-19-12-14-20(15-13-19)21-10-7-8-11-23(21)37(34,35)31-27-17(3)18(4)36-30-27/h6-16H,5,17H2,1-4H3,(H,30,35)(H,32,33);7-8,10-15H,5-6,9,16H2,1-4H3,(H2,28,33)(H,30,31). The molecule has 0 spiro atoms. The van der Waals surface area contributed by atoms with Crippen LogP contribution < -0.4 is 25.2 Å². The smallest absolute Gasteiger partial charge is 0.297 e. The first kappa shape index (κ1) is 54.7. The van der Waals surface area contributed by atoms with Crippen LogP contribution in [-0.4, -0.2) is 71.7 Å². The number of imidazole rings is 2. The average molecular weight is 1080 g/mol. The molecule has 2 amide bonds. The Morgan fingerprint density at radius 1 is 0.649 bits per heavy atom. The number of aryl methyl sites for hydroxylation is 4. The molecule has 0 radical (unpaired) electrons. The van der Waals surface area contributed by atoms with Gasteiger partial charge in [-0.2, -0.15) is 4.98 Å². The zero-order valence-electron chi connectivity index (χ0n) is 44.0. The number of nitrogens with two attached hydrogens (primary N) is 1. The highest BCUT2D eigenvalue weighted by molar-refractivity contribution is 7.93. The van der Waals surface area contributed by atoms with E-state index < -0.39 is 26.0 Å². The fourth-order valence-corrected chi connectivity index (χ4v) is 11.3. The number of nitrogens with zero attached hydrogens (tertiary/aromatic N) is 6. The molecule has 9 aromatic rings. The van der Waals surface area contributed by atoms with Gasteiger partial charge >= 0.3 is 0 Å². The molecule has 400 valence electrons. The van der Waals surface area contributed by atoms with Gasteiger partial charge in [0.1, 0.15) is 23.0 Å². The van der Waals surface area contributed by atoms with Gasteiger partial charge < -0.3 is 29.4 Å². The molecule has 0 aliphatic carbocycles. The number of hydrogen-bond acceptors (Lipinski definition) is 13. The number of rotatable bonds is 19. The van der Waals surface area contributed by atoms with E-state index in [1.807, 2.05) is 77.6 Å². The summed E-state index contributed by atoms with van der Waals surface area (Å²) in [6.45, 7) is 14.1. The first-order valence-corrected chi connectivity index (χ1v) is 27.9. The van der Waals surface area contributed by atoms with Crippen molar-refractivity contribution in [3.8, 4) is 28.3 Å². The van der Waals surface area contributed by atoms with Gasteiger partial charge in [0.15, 0.2) is 11.6 Å². The Bertz CT molecular complexity index is 3840. The molecule has 77 heavy (non-hydrogen) atoms. The van der Waals surface area contributed by atoms with Crippen LogP contribution in [-0.2, 0) is 46.0 Å². The van der Waals surface area contributed by atoms with Crippen molar-refractivity contribution in [1.29, 1.82) is 0 Å². The third-order valence-corrected chi connectivity index (χ3v) is 15.8. The summed E-state index contributed by atoms with van der Waals surface area (Å²) in [5, 5.41) is 10.3. The normalized spacial score (nSPS) is 11.5. The highest BCUT2D eigenvalue weighted by Gasteiger charge is 2.26. The van der Waals surface area contributed by atoms with Crippen LogP contribution in [0.25, 0.3) is 33.3 Å². The molecule has 21 heteroatoms. The predicted molar refractivity (Wildman–Crippen MR) is 294 cm³/mol. The lowest BCUT2D eigenvalue weighted by Crippen LogP contribution is -2.20. The molecule has 0 unspecified atom stereocenters. The lowest BCUT2D eigenvalue weighted by molar-refractivity contribution is 0.0962. The Labute approximate surface area is 447 Å². The van der Waals surface area contributed by atoms with E-state index in [0.717, 1.165) is 40.9 Å². The van der Waals surface area contributed by atoms with Crippen LogP contribution in [0.2, 0.25) is 0 Å². The van der Waals surface area contributed by atoms with Crippen molar-refractivity contribution in [2.75, 3.05) is 23.1 Å². The molecule has 0 aliphatic rings. The third kappa shape index (κ3) is 11.7. The number of carbonyl (C=O) groups excluding carboxylic acids is 2. The van der Waals surface area contributed by atoms with Crippen molar-refractivity contribution < 1.29 is 40.2 Å². The van der Waals surface area contributed by atoms with Crippen LogP contribution in [0.1, 0.15) is 93.3 Å².